The van der Waals surface area contributed by atoms with Crippen molar-refractivity contribution in [1.82, 2.24) is 30.5 Å². The number of aryl methyl sites for hydroxylation is 2. The molecule has 3 N–H and O–H groups in total. The summed E-state index contributed by atoms with van der Waals surface area (Å²) >= 11 is 0. The van der Waals surface area contributed by atoms with Crippen LogP contribution in [0.25, 0.3) is 33.1 Å². The average Bonchev–Trinajstić information content (AvgIpc) is 3.46. The predicted octanol–water partition coefficient (Wildman–Crippen LogP) is 5.74. The Morgan fingerprint density at radius 1 is 0.972 bits per heavy atom. The van der Waals surface area contributed by atoms with E-state index in [4.69, 9.17) is 4.98 Å². The van der Waals surface area contributed by atoms with Gasteiger partial charge in [0.05, 0.1) is 28.5 Å². The number of rotatable bonds is 4. The Bertz CT molecular complexity index is 1590. The number of aromatic nitrogens is 5. The van der Waals surface area contributed by atoms with Crippen molar-refractivity contribution in [3.63, 3.8) is 0 Å². The summed E-state index contributed by atoms with van der Waals surface area (Å²) in [5, 5.41) is 12.9. The number of benzene rings is 2. The van der Waals surface area contributed by atoms with Crippen LogP contribution in [-0.2, 0) is 18.4 Å². The molecule has 0 fully saturated rings. The third kappa shape index (κ3) is 3.85. The molecule has 0 saturated carbocycles. The van der Waals surface area contributed by atoms with Crippen LogP contribution in [0.5, 0.6) is 0 Å². The molecule has 3 heterocycles. The molecular formula is C29H30N6O. The largest absolute Gasteiger partial charge is 0.344 e. The van der Waals surface area contributed by atoms with Gasteiger partial charge in [0.1, 0.15) is 5.82 Å². The summed E-state index contributed by atoms with van der Waals surface area (Å²) in [5.74, 6) is 0.605. The highest BCUT2D eigenvalue weighted by molar-refractivity contribution is 6.07. The first-order chi connectivity index (χ1) is 17.4. The molecule has 182 valence electrons. The Kier molecular flexibility index (Phi) is 5.36. The van der Waals surface area contributed by atoms with E-state index in [0.29, 0.717) is 5.56 Å². The summed E-state index contributed by atoms with van der Waals surface area (Å²) in [6.45, 7) is 5.85. The Morgan fingerprint density at radius 2 is 1.75 bits per heavy atom. The van der Waals surface area contributed by atoms with Crippen LogP contribution in [0.3, 0.4) is 0 Å². The van der Waals surface area contributed by atoms with Crippen molar-refractivity contribution >= 4 is 27.7 Å². The van der Waals surface area contributed by atoms with Crippen LogP contribution in [0.2, 0.25) is 0 Å². The number of pyridine rings is 1. The smallest absolute Gasteiger partial charge is 0.252 e. The third-order valence-electron chi connectivity index (χ3n) is 7.28. The molecule has 0 unspecified atom stereocenters. The normalized spacial score (nSPS) is 14.1. The first-order valence-corrected chi connectivity index (χ1v) is 12.6. The number of hydrogen-bond acceptors (Lipinski definition) is 4. The lowest BCUT2D eigenvalue weighted by Gasteiger charge is -2.24. The fourth-order valence-corrected chi connectivity index (χ4v) is 5.39. The van der Waals surface area contributed by atoms with Crippen molar-refractivity contribution < 1.29 is 4.79 Å². The summed E-state index contributed by atoms with van der Waals surface area (Å²) in [6.07, 6.45) is 9.33. The zero-order valence-electron chi connectivity index (χ0n) is 20.9. The maximum atomic E-state index is 13.1. The molecule has 3 aromatic heterocycles. The minimum absolute atomic E-state index is 0.131. The number of carbonyl (C=O) groups excluding carboxylic acids is 1. The number of amides is 1. The minimum atomic E-state index is -0.611. The number of carbonyl (C=O) groups is 1. The summed E-state index contributed by atoms with van der Waals surface area (Å²) in [7, 11) is 0. The molecule has 6 rings (SSSR count). The molecule has 0 atom stereocenters. The van der Waals surface area contributed by atoms with Gasteiger partial charge in [0.15, 0.2) is 0 Å². The highest BCUT2D eigenvalue weighted by Crippen LogP contribution is 2.37. The van der Waals surface area contributed by atoms with Crippen molar-refractivity contribution in [2.75, 3.05) is 0 Å². The van der Waals surface area contributed by atoms with Crippen LogP contribution in [0.1, 0.15) is 66.1 Å². The molecule has 0 aliphatic heterocycles. The Balaban J connectivity index is 1.37. The second kappa shape index (κ2) is 8.59. The van der Waals surface area contributed by atoms with Crippen LogP contribution in [0, 0.1) is 6.92 Å². The Morgan fingerprint density at radius 3 is 2.50 bits per heavy atom. The number of aromatic amines is 2. The number of H-pyrrole nitrogens is 2. The number of nitrogens with one attached hydrogen (secondary N) is 3. The molecule has 1 aliphatic carbocycles. The molecule has 36 heavy (non-hydrogen) atoms. The highest BCUT2D eigenvalue weighted by Gasteiger charge is 2.27. The van der Waals surface area contributed by atoms with E-state index in [-0.39, 0.29) is 5.91 Å². The van der Waals surface area contributed by atoms with E-state index < -0.39 is 5.54 Å². The molecule has 0 spiro atoms. The lowest BCUT2D eigenvalue weighted by Crippen LogP contribution is -2.41. The first kappa shape index (κ1) is 22.5. The molecule has 7 heteroatoms. The monoisotopic (exact) mass is 478 g/mol. The molecular weight excluding hydrogens is 448 g/mol. The zero-order chi connectivity index (χ0) is 24.9. The van der Waals surface area contributed by atoms with Gasteiger partial charge in [-0.25, -0.2) is 9.97 Å². The summed E-state index contributed by atoms with van der Waals surface area (Å²) in [5.41, 5.74) is 7.81. The molecule has 5 aromatic rings. The van der Waals surface area contributed by atoms with Crippen molar-refractivity contribution in [2.45, 2.75) is 58.4 Å². The highest BCUT2D eigenvalue weighted by atomic mass is 16.1. The molecule has 7 nitrogen and oxygen atoms in total. The van der Waals surface area contributed by atoms with Gasteiger partial charge in [0, 0.05) is 33.8 Å². The lowest BCUT2D eigenvalue weighted by atomic mass is 9.92. The topological polar surface area (TPSA) is 99.3 Å². The van der Waals surface area contributed by atoms with E-state index in [1.165, 1.54) is 29.4 Å². The van der Waals surface area contributed by atoms with Crippen molar-refractivity contribution in [3.8, 4) is 11.3 Å². The SMILES string of the molecule is Cc1cnc(C(C)(C)NC(=O)c2ccc(-c3nc4ccc5[nH]ncc5c4c4c3CCCCC4)cc2)[nH]1. The van der Waals surface area contributed by atoms with Crippen LogP contribution >= 0.6 is 0 Å². The second-order valence-corrected chi connectivity index (χ2v) is 10.3. The fraction of sp³-hybridized carbons (Fsp3) is 0.310. The van der Waals surface area contributed by atoms with Gasteiger partial charge in [-0.2, -0.15) is 5.10 Å². The summed E-state index contributed by atoms with van der Waals surface area (Å²) in [6, 6.07) is 12.0. The number of imidazole rings is 1. The number of nitrogens with zero attached hydrogens (tertiary/aromatic N) is 3. The van der Waals surface area contributed by atoms with Crippen molar-refractivity contribution in [3.05, 3.63) is 77.0 Å². The number of fused-ring (bicyclic) bond motifs is 5. The first-order valence-electron chi connectivity index (χ1n) is 12.6. The van der Waals surface area contributed by atoms with Gasteiger partial charge < -0.3 is 10.3 Å². The lowest BCUT2D eigenvalue weighted by molar-refractivity contribution is 0.0908. The van der Waals surface area contributed by atoms with E-state index in [2.05, 4.69) is 37.6 Å². The summed E-state index contributed by atoms with van der Waals surface area (Å²) in [4.78, 5) is 25.8. The van der Waals surface area contributed by atoms with Crippen molar-refractivity contribution in [2.24, 2.45) is 0 Å². The molecule has 1 aliphatic rings. The molecule has 0 bridgehead atoms. The minimum Gasteiger partial charge on any atom is -0.344 e. The van der Waals surface area contributed by atoms with Gasteiger partial charge in [-0.1, -0.05) is 18.6 Å². The third-order valence-corrected chi connectivity index (χ3v) is 7.28. The number of hydrogen-bond donors (Lipinski definition) is 3. The standard InChI is InChI=1S/C29H30N6O/c1-17-15-30-28(32-17)29(2,3)34-27(36)19-11-9-18(10-12-19)26-21-8-6-4-5-7-20(21)25-22-16-31-35-23(22)13-14-24(25)33-26/h9-16H,4-8H2,1-3H3,(H,30,32)(H,31,35)(H,34,36). The van der Waals surface area contributed by atoms with Crippen LogP contribution in [0.15, 0.2) is 48.8 Å². The van der Waals surface area contributed by atoms with E-state index >= 15 is 0 Å². The molecule has 2 aromatic carbocycles. The maximum absolute atomic E-state index is 13.1. The molecule has 0 radical (unpaired) electrons. The van der Waals surface area contributed by atoms with Crippen LogP contribution < -0.4 is 5.32 Å². The summed E-state index contributed by atoms with van der Waals surface area (Å²) < 4.78 is 0. The van der Waals surface area contributed by atoms with Gasteiger partial charge in [-0.3, -0.25) is 9.89 Å². The molecule has 0 saturated heterocycles. The van der Waals surface area contributed by atoms with E-state index in [1.54, 1.807) is 6.20 Å². The van der Waals surface area contributed by atoms with E-state index in [0.717, 1.165) is 58.5 Å². The molecule has 1 amide bonds. The van der Waals surface area contributed by atoms with Crippen LogP contribution in [0.4, 0.5) is 0 Å². The predicted molar refractivity (Wildman–Crippen MR) is 142 cm³/mol. The van der Waals surface area contributed by atoms with Gasteiger partial charge in [0.2, 0.25) is 0 Å². The van der Waals surface area contributed by atoms with Gasteiger partial charge in [-0.05, 0) is 81.8 Å². The fourth-order valence-electron chi connectivity index (χ4n) is 5.39. The van der Waals surface area contributed by atoms with Gasteiger partial charge in [0.25, 0.3) is 5.91 Å². The second-order valence-electron chi connectivity index (χ2n) is 10.3. The van der Waals surface area contributed by atoms with E-state index in [1.807, 2.05) is 51.2 Å². The maximum Gasteiger partial charge on any atom is 0.252 e. The average molecular weight is 479 g/mol. The Hall–Kier alpha value is -4.00. The Labute approximate surface area is 209 Å². The van der Waals surface area contributed by atoms with Gasteiger partial charge in [-0.15, -0.1) is 0 Å². The van der Waals surface area contributed by atoms with Crippen molar-refractivity contribution in [1.29, 1.82) is 0 Å². The zero-order valence-corrected chi connectivity index (χ0v) is 20.9. The quantitative estimate of drug-likeness (QED) is 0.287. The van der Waals surface area contributed by atoms with Gasteiger partial charge >= 0.3 is 0 Å². The van der Waals surface area contributed by atoms with Crippen LogP contribution in [-0.4, -0.2) is 31.1 Å². The van der Waals surface area contributed by atoms with E-state index in [9.17, 15) is 4.79 Å².